The highest BCUT2D eigenvalue weighted by Crippen LogP contribution is 2.40. The van der Waals surface area contributed by atoms with Crippen LogP contribution in [0.25, 0.3) is 0 Å². The van der Waals surface area contributed by atoms with E-state index in [-0.39, 0.29) is 18.7 Å². The predicted molar refractivity (Wildman–Crippen MR) is 94.7 cm³/mol. The fourth-order valence-electron chi connectivity index (χ4n) is 4.17. The largest absolute Gasteiger partial charge is 0.461 e. The number of benzene rings is 1. The molecule has 2 heterocycles. The molecule has 1 aromatic carbocycles. The van der Waals surface area contributed by atoms with Gasteiger partial charge in [-0.25, -0.2) is 0 Å². The van der Waals surface area contributed by atoms with E-state index >= 15 is 0 Å². The molecule has 1 unspecified atom stereocenters. The zero-order valence-electron chi connectivity index (χ0n) is 15.1. The van der Waals surface area contributed by atoms with Gasteiger partial charge < -0.3 is 29.6 Å². The highest BCUT2D eigenvalue weighted by atomic mass is 16.9. The van der Waals surface area contributed by atoms with E-state index in [4.69, 9.17) is 20.1 Å². The number of ether oxygens (including phenoxy) is 1. The monoisotopic (exact) mass is 366 g/mol. The maximum Gasteiger partial charge on any atom is 0.316 e. The summed E-state index contributed by atoms with van der Waals surface area (Å²) in [6.45, 7) is -0.204. The van der Waals surface area contributed by atoms with Crippen LogP contribution in [-0.2, 0) is 9.53 Å². The summed E-state index contributed by atoms with van der Waals surface area (Å²) < 4.78 is 6.83. The summed E-state index contributed by atoms with van der Waals surface area (Å²) in [5.74, 6) is -0.853. The second kappa shape index (κ2) is 8.46. The molecule has 2 fully saturated rings. The van der Waals surface area contributed by atoms with Crippen molar-refractivity contribution in [2.24, 2.45) is 0 Å². The lowest BCUT2D eigenvalue weighted by Crippen LogP contribution is -2.56. The van der Waals surface area contributed by atoms with Crippen LogP contribution >= 0.6 is 0 Å². The molecule has 8 heteroatoms. The molecule has 2 aliphatic rings. The molecule has 2 aliphatic heterocycles. The molecule has 0 aromatic heterocycles. The molecule has 0 radical (unpaired) electrons. The Balaban J connectivity index is 0.000000552. The summed E-state index contributed by atoms with van der Waals surface area (Å²) in [4.78, 5) is 20.7. The molecular weight excluding hydrogens is 340 g/mol. The second-order valence-electron chi connectivity index (χ2n) is 7.41. The number of carbonyl (C=O) groups excluding carboxylic acids is 1. The van der Waals surface area contributed by atoms with E-state index in [1.165, 1.54) is 12.8 Å². The minimum Gasteiger partial charge on any atom is -0.461 e. The molecule has 2 bridgehead atoms. The molecule has 8 nitrogen and oxygen atoms in total. The van der Waals surface area contributed by atoms with E-state index < -0.39 is 11.0 Å². The van der Waals surface area contributed by atoms with Gasteiger partial charge in [0.05, 0.1) is 37.9 Å². The Hall–Kier alpha value is -2.19. The molecular formula is C18H26N2O6. The average molecular weight is 366 g/mol. The van der Waals surface area contributed by atoms with Crippen molar-refractivity contribution in [3.63, 3.8) is 0 Å². The first-order valence-electron chi connectivity index (χ1n) is 8.76. The molecule has 4 atom stereocenters. The first-order chi connectivity index (χ1) is 12.3. The van der Waals surface area contributed by atoms with Crippen molar-refractivity contribution >= 4 is 5.97 Å². The van der Waals surface area contributed by atoms with Crippen molar-refractivity contribution in [1.29, 1.82) is 0 Å². The molecule has 0 saturated carbocycles. The van der Waals surface area contributed by atoms with Gasteiger partial charge in [-0.1, -0.05) is 30.3 Å². The smallest absolute Gasteiger partial charge is 0.316 e. The van der Waals surface area contributed by atoms with Gasteiger partial charge in [-0.05, 0) is 5.56 Å². The normalized spacial score (nSPS) is 27.0. The fraction of sp³-hybridized carbons (Fsp3) is 0.611. The number of aliphatic hydroxyl groups is 1. The van der Waals surface area contributed by atoms with Crippen LogP contribution in [0.2, 0.25) is 0 Å². The summed E-state index contributed by atoms with van der Waals surface area (Å²) in [5.41, 5.74) is 0.824. The summed E-state index contributed by atoms with van der Waals surface area (Å²) in [6.07, 6.45) is 4.36. The first-order valence-corrected chi connectivity index (χ1v) is 8.76. The van der Waals surface area contributed by atoms with Crippen molar-refractivity contribution < 1.29 is 24.2 Å². The third-order valence-corrected chi connectivity index (χ3v) is 5.74. The lowest BCUT2D eigenvalue weighted by atomic mass is 9.96. The van der Waals surface area contributed by atoms with Crippen LogP contribution in [0.5, 0.6) is 0 Å². The minimum absolute atomic E-state index is 0.00825. The Kier molecular flexibility index (Phi) is 6.55. The lowest BCUT2D eigenvalue weighted by Gasteiger charge is -2.44. The number of nitrogens with zero attached hydrogens (tertiary/aromatic N) is 2. The number of hydrogen-bond acceptors (Lipinski definition) is 6. The van der Waals surface area contributed by atoms with Crippen LogP contribution in [0, 0.1) is 15.3 Å². The van der Waals surface area contributed by atoms with Crippen LogP contribution in [0.4, 0.5) is 0 Å². The van der Waals surface area contributed by atoms with Crippen molar-refractivity contribution in [3.8, 4) is 0 Å². The maximum atomic E-state index is 12.5. The Morgan fingerprint density at radius 1 is 1.23 bits per heavy atom. The van der Waals surface area contributed by atoms with Crippen molar-refractivity contribution in [2.45, 2.75) is 49.8 Å². The van der Waals surface area contributed by atoms with Gasteiger partial charge in [-0.15, -0.1) is 0 Å². The fourth-order valence-corrected chi connectivity index (χ4v) is 4.17. The minimum atomic E-state index is -1.75. The number of aliphatic hydroxyl groups excluding tert-OH is 1. The second-order valence-corrected chi connectivity index (χ2v) is 7.41. The van der Waals surface area contributed by atoms with Gasteiger partial charge in [0.25, 0.3) is 0 Å². The van der Waals surface area contributed by atoms with Crippen molar-refractivity contribution in [2.75, 3.05) is 20.7 Å². The first kappa shape index (κ1) is 20.1. The Morgan fingerprint density at radius 3 is 2.19 bits per heavy atom. The van der Waals surface area contributed by atoms with E-state index in [1.54, 1.807) is 0 Å². The third kappa shape index (κ3) is 4.70. The molecule has 144 valence electrons. The topological polar surface area (TPSA) is 113 Å². The van der Waals surface area contributed by atoms with E-state index in [0.29, 0.717) is 12.1 Å². The average Bonchev–Trinajstić information content (AvgIpc) is 2.75. The summed E-state index contributed by atoms with van der Waals surface area (Å²) >= 11 is 0. The van der Waals surface area contributed by atoms with Gasteiger partial charge >= 0.3 is 5.97 Å². The number of quaternary nitrogens is 1. The van der Waals surface area contributed by atoms with Crippen LogP contribution < -0.4 is 0 Å². The quantitative estimate of drug-likeness (QED) is 0.376. The Labute approximate surface area is 152 Å². The third-order valence-electron chi connectivity index (χ3n) is 5.74. The Bertz CT molecular complexity index is 601. The van der Waals surface area contributed by atoms with Crippen LogP contribution in [0.15, 0.2) is 30.3 Å². The van der Waals surface area contributed by atoms with Crippen molar-refractivity contribution in [1.82, 2.24) is 0 Å². The van der Waals surface area contributed by atoms with Gasteiger partial charge in [0.2, 0.25) is 0 Å². The molecule has 0 amide bonds. The molecule has 1 N–H and O–H groups in total. The van der Waals surface area contributed by atoms with Crippen LogP contribution in [0.1, 0.15) is 37.2 Å². The van der Waals surface area contributed by atoms with E-state index in [2.05, 4.69) is 14.1 Å². The molecule has 26 heavy (non-hydrogen) atoms. The number of fused-ring (bicyclic) bond motifs is 2. The summed E-state index contributed by atoms with van der Waals surface area (Å²) in [6, 6.07) is 10.6. The molecule has 0 aliphatic carbocycles. The number of carbonyl (C=O) groups is 1. The van der Waals surface area contributed by atoms with E-state index in [1.807, 2.05) is 30.3 Å². The van der Waals surface area contributed by atoms with Crippen molar-refractivity contribution in [3.05, 3.63) is 51.2 Å². The zero-order valence-corrected chi connectivity index (χ0v) is 15.1. The number of rotatable bonds is 4. The van der Waals surface area contributed by atoms with Crippen LogP contribution in [-0.4, -0.2) is 59.5 Å². The molecule has 1 aromatic rings. The maximum absolute atomic E-state index is 12.5. The SMILES string of the molecule is C[N+]1(C)[C@@H]2CC[C@H]1C[C@@H](OC(=O)C(CO)c1ccccc1)C2.O=[N+]([O-])[O-]. The number of esters is 1. The van der Waals surface area contributed by atoms with Crippen LogP contribution in [0.3, 0.4) is 0 Å². The van der Waals surface area contributed by atoms with Gasteiger partial charge in [0.15, 0.2) is 0 Å². The predicted octanol–water partition coefficient (Wildman–Crippen LogP) is 1.84. The number of hydrogen-bond donors (Lipinski definition) is 1. The lowest BCUT2D eigenvalue weighted by molar-refractivity contribution is -0.931. The summed E-state index contributed by atoms with van der Waals surface area (Å²) in [5, 5.41) is 24.3. The summed E-state index contributed by atoms with van der Waals surface area (Å²) in [7, 11) is 4.59. The van der Waals surface area contributed by atoms with Gasteiger partial charge in [-0.2, -0.15) is 0 Å². The molecule has 0 spiro atoms. The highest BCUT2D eigenvalue weighted by Gasteiger charge is 2.50. The van der Waals surface area contributed by atoms with Gasteiger partial charge in [0, 0.05) is 25.7 Å². The molecule has 3 rings (SSSR count). The van der Waals surface area contributed by atoms with E-state index in [0.717, 1.165) is 22.9 Å². The highest BCUT2D eigenvalue weighted by molar-refractivity contribution is 5.78. The van der Waals surface area contributed by atoms with E-state index in [9.17, 15) is 9.90 Å². The number of piperidine rings is 1. The van der Waals surface area contributed by atoms with Gasteiger partial charge in [0.1, 0.15) is 12.0 Å². The van der Waals surface area contributed by atoms with Gasteiger partial charge in [-0.3, -0.25) is 4.79 Å². The zero-order chi connectivity index (χ0) is 19.3. The Morgan fingerprint density at radius 2 is 1.73 bits per heavy atom. The molecule has 2 saturated heterocycles. The standard InChI is InChI=1S/C18H26NO3.NO3/c1-19(2)14-8-9-15(19)11-16(10-14)22-18(21)17(12-20)13-6-4-3-5-7-13;2-1(3)4/h3-7,14-17,20H,8-12H2,1-2H3;/q+1;-1/t14-,15+,16+,17?;.